The van der Waals surface area contributed by atoms with Crippen molar-refractivity contribution in [2.45, 2.75) is 32.5 Å². The molecule has 14 heteroatoms. The standard InChI is InChI=1S/C32H36O8S6/c33-29(34)11-13-31(37)39-23(17-43-25-7-3-1-4-8-25)15-41-19-27-21-46-28(22-45-27)20-42-16-24(40-32(38)14-12-30(35)36)18-44-26-9-5-2-6-10-26/h1-14,23-24,27-28H,15-22H2,(H,33,34)(H,35,36)/b13-11-,14-12-. The summed E-state index contributed by atoms with van der Waals surface area (Å²) in [4.78, 5) is 48.0. The summed E-state index contributed by atoms with van der Waals surface area (Å²) in [6, 6.07) is 19.7. The van der Waals surface area contributed by atoms with Crippen molar-refractivity contribution < 1.29 is 38.9 Å². The van der Waals surface area contributed by atoms with E-state index in [1.54, 1.807) is 47.0 Å². The Kier molecular flexibility index (Phi) is 18.7. The van der Waals surface area contributed by atoms with Gasteiger partial charge < -0.3 is 19.7 Å². The Morgan fingerprint density at radius 3 is 1.39 bits per heavy atom. The number of esters is 2. The van der Waals surface area contributed by atoms with Crippen molar-refractivity contribution in [3.05, 3.63) is 85.0 Å². The fourth-order valence-electron chi connectivity index (χ4n) is 3.77. The number of carboxylic acids is 2. The minimum absolute atomic E-state index is 0.353. The number of thioether (sulfide) groups is 6. The molecule has 0 spiro atoms. The van der Waals surface area contributed by atoms with Gasteiger partial charge >= 0.3 is 23.9 Å². The van der Waals surface area contributed by atoms with Gasteiger partial charge in [0.15, 0.2) is 0 Å². The Labute approximate surface area is 295 Å². The number of rotatable bonds is 20. The summed E-state index contributed by atoms with van der Waals surface area (Å²) in [7, 11) is 0. The van der Waals surface area contributed by atoms with Crippen molar-refractivity contribution in [2.24, 2.45) is 0 Å². The Bertz CT molecular complexity index is 1190. The molecular formula is C32H36O8S6. The molecule has 1 aliphatic rings. The van der Waals surface area contributed by atoms with Gasteiger partial charge in [0.05, 0.1) is 0 Å². The molecule has 2 aromatic carbocycles. The molecule has 0 aliphatic carbocycles. The fourth-order valence-corrected chi connectivity index (χ4v) is 11.9. The van der Waals surface area contributed by atoms with Crippen molar-refractivity contribution in [3.8, 4) is 0 Å². The third-order valence-corrected chi connectivity index (χ3v) is 14.3. The molecule has 248 valence electrons. The van der Waals surface area contributed by atoms with Crippen LogP contribution >= 0.6 is 70.6 Å². The van der Waals surface area contributed by atoms with E-state index >= 15 is 0 Å². The van der Waals surface area contributed by atoms with Crippen LogP contribution in [0.4, 0.5) is 0 Å². The van der Waals surface area contributed by atoms with Gasteiger partial charge in [-0.05, 0) is 24.3 Å². The van der Waals surface area contributed by atoms with Crippen molar-refractivity contribution >= 4 is 94.4 Å². The van der Waals surface area contributed by atoms with E-state index < -0.39 is 23.9 Å². The Balaban J connectivity index is 1.39. The van der Waals surface area contributed by atoms with Crippen molar-refractivity contribution in [1.29, 1.82) is 0 Å². The maximum absolute atomic E-state index is 12.2. The lowest BCUT2D eigenvalue weighted by Gasteiger charge is -2.28. The molecule has 2 aromatic rings. The predicted molar refractivity (Wildman–Crippen MR) is 195 cm³/mol. The molecule has 1 heterocycles. The van der Waals surface area contributed by atoms with Crippen molar-refractivity contribution in [3.63, 3.8) is 0 Å². The van der Waals surface area contributed by atoms with E-state index in [4.69, 9.17) is 19.7 Å². The maximum atomic E-state index is 12.2. The number of hydrogen-bond donors (Lipinski definition) is 2. The van der Waals surface area contributed by atoms with Crippen LogP contribution in [0.1, 0.15) is 0 Å². The highest BCUT2D eigenvalue weighted by Crippen LogP contribution is 2.34. The first-order valence-corrected chi connectivity index (χ1v) is 20.6. The predicted octanol–water partition coefficient (Wildman–Crippen LogP) is 6.36. The molecule has 4 atom stereocenters. The average molecular weight is 741 g/mol. The third kappa shape index (κ3) is 17.2. The van der Waals surface area contributed by atoms with E-state index in [0.29, 0.717) is 33.5 Å². The molecule has 0 amide bonds. The number of benzene rings is 2. The molecule has 0 radical (unpaired) electrons. The topological polar surface area (TPSA) is 127 Å². The van der Waals surface area contributed by atoms with Crippen LogP contribution in [-0.2, 0) is 28.7 Å². The van der Waals surface area contributed by atoms with Crippen LogP contribution in [0.25, 0.3) is 0 Å². The number of hydrogen-bond acceptors (Lipinski definition) is 12. The van der Waals surface area contributed by atoms with E-state index in [0.717, 1.165) is 57.1 Å². The van der Waals surface area contributed by atoms with Gasteiger partial charge in [-0.3, -0.25) is 0 Å². The number of ether oxygens (including phenoxy) is 2. The highest BCUT2D eigenvalue weighted by Gasteiger charge is 2.24. The largest absolute Gasteiger partial charge is 0.478 e. The normalized spacial score (nSPS) is 17.8. The van der Waals surface area contributed by atoms with Crippen LogP contribution in [0, 0.1) is 0 Å². The van der Waals surface area contributed by atoms with Gasteiger partial charge in [0.1, 0.15) is 12.2 Å². The van der Waals surface area contributed by atoms with Gasteiger partial charge in [0.25, 0.3) is 0 Å². The Hall–Kier alpha value is -2.10. The zero-order valence-electron chi connectivity index (χ0n) is 24.8. The molecule has 0 saturated carbocycles. The maximum Gasteiger partial charge on any atom is 0.331 e. The Morgan fingerprint density at radius 1 is 0.652 bits per heavy atom. The van der Waals surface area contributed by atoms with Crippen LogP contribution in [0.2, 0.25) is 0 Å². The summed E-state index contributed by atoms with van der Waals surface area (Å²) in [5.74, 6) is 2.56. The summed E-state index contributed by atoms with van der Waals surface area (Å²) in [6.45, 7) is 0. The molecule has 46 heavy (non-hydrogen) atoms. The molecule has 8 nitrogen and oxygen atoms in total. The zero-order valence-corrected chi connectivity index (χ0v) is 29.7. The number of carbonyl (C=O) groups is 4. The number of aliphatic carboxylic acids is 2. The first-order chi connectivity index (χ1) is 22.3. The third-order valence-electron chi connectivity index (χ3n) is 5.90. The van der Waals surface area contributed by atoms with E-state index in [1.165, 1.54) is 0 Å². The van der Waals surface area contributed by atoms with Crippen LogP contribution in [0.3, 0.4) is 0 Å². The second-order valence-corrected chi connectivity index (χ2v) is 16.7. The van der Waals surface area contributed by atoms with Crippen LogP contribution in [-0.4, -0.2) is 103 Å². The zero-order chi connectivity index (χ0) is 33.0. The molecule has 4 unspecified atom stereocenters. The smallest absolute Gasteiger partial charge is 0.331 e. The van der Waals surface area contributed by atoms with Crippen molar-refractivity contribution in [2.75, 3.05) is 46.0 Å². The second-order valence-electron chi connectivity index (χ2n) is 9.69. The summed E-state index contributed by atoms with van der Waals surface area (Å²) in [5, 5.41) is 18.6. The molecule has 0 aromatic heterocycles. The van der Waals surface area contributed by atoms with Crippen LogP contribution in [0.5, 0.6) is 0 Å². The van der Waals surface area contributed by atoms with Gasteiger partial charge in [-0.15, -0.1) is 23.5 Å². The fraction of sp³-hybridized carbons (Fsp3) is 0.375. The van der Waals surface area contributed by atoms with Gasteiger partial charge in [-0.2, -0.15) is 47.0 Å². The minimum atomic E-state index is -1.19. The lowest BCUT2D eigenvalue weighted by atomic mass is 10.4. The van der Waals surface area contributed by atoms with Crippen LogP contribution < -0.4 is 0 Å². The van der Waals surface area contributed by atoms with Gasteiger partial charge in [-0.25, -0.2) is 19.2 Å². The summed E-state index contributed by atoms with van der Waals surface area (Å²) < 4.78 is 11.1. The lowest BCUT2D eigenvalue weighted by Crippen LogP contribution is -2.27. The quantitative estimate of drug-likeness (QED) is 0.0888. The van der Waals surface area contributed by atoms with E-state index in [-0.39, 0.29) is 12.2 Å². The molecule has 1 saturated heterocycles. The summed E-state index contributed by atoms with van der Waals surface area (Å²) in [5.41, 5.74) is 0. The summed E-state index contributed by atoms with van der Waals surface area (Å²) in [6.07, 6.45) is 2.77. The molecular weight excluding hydrogens is 705 g/mol. The molecule has 0 bridgehead atoms. The van der Waals surface area contributed by atoms with Gasteiger partial charge in [-0.1, -0.05) is 36.4 Å². The van der Waals surface area contributed by atoms with E-state index in [9.17, 15) is 19.2 Å². The monoisotopic (exact) mass is 740 g/mol. The second kappa shape index (κ2) is 22.5. The van der Waals surface area contributed by atoms with Crippen LogP contribution in [0.15, 0.2) is 94.8 Å². The molecule has 3 rings (SSSR count). The highest BCUT2D eigenvalue weighted by molar-refractivity contribution is 8.09. The summed E-state index contributed by atoms with van der Waals surface area (Å²) >= 11 is 10.6. The first kappa shape index (κ1) is 38.3. The van der Waals surface area contributed by atoms with E-state index in [2.05, 4.69) is 0 Å². The number of carbonyl (C=O) groups excluding carboxylic acids is 2. The lowest BCUT2D eigenvalue weighted by molar-refractivity contribution is -0.142. The van der Waals surface area contributed by atoms with Gasteiger partial charge in [0.2, 0.25) is 0 Å². The Morgan fingerprint density at radius 2 is 1.04 bits per heavy atom. The van der Waals surface area contributed by atoms with Gasteiger partial charge in [0, 0.05) is 90.6 Å². The average Bonchev–Trinajstić information content (AvgIpc) is 3.05. The SMILES string of the molecule is O=C(O)/C=C\C(=O)OC(CSCC1CSC(CSCC(CSc2ccccc2)OC(=O)/C=C\C(=O)O)CS1)CSc1ccccc1. The van der Waals surface area contributed by atoms with Crippen molar-refractivity contribution in [1.82, 2.24) is 0 Å². The number of carboxylic acid groups (broad SMARTS) is 2. The molecule has 1 fully saturated rings. The van der Waals surface area contributed by atoms with E-state index in [1.807, 2.05) is 84.2 Å². The molecule has 2 N–H and O–H groups in total. The minimum Gasteiger partial charge on any atom is -0.478 e. The molecule has 1 aliphatic heterocycles. The first-order valence-electron chi connectivity index (χ1n) is 14.2. The highest BCUT2D eigenvalue weighted by atomic mass is 32.2.